The van der Waals surface area contributed by atoms with Gasteiger partial charge in [-0.1, -0.05) is 16.9 Å². The number of thioether (sulfide) groups is 1. The van der Waals surface area contributed by atoms with E-state index in [-0.39, 0.29) is 5.82 Å². The van der Waals surface area contributed by atoms with Crippen molar-refractivity contribution in [2.45, 2.75) is 17.9 Å². The van der Waals surface area contributed by atoms with E-state index in [0.29, 0.717) is 28.4 Å². The minimum atomic E-state index is -0.291. The summed E-state index contributed by atoms with van der Waals surface area (Å²) >= 11 is 1.35. The zero-order chi connectivity index (χ0) is 17.2. The molecule has 0 unspecified atom stereocenters. The SMILES string of the molecule is Cc1c(CSc2nnc(-c3ccco3)o2)noc1-c1ccc(F)cc1. The van der Waals surface area contributed by atoms with Gasteiger partial charge in [-0.25, -0.2) is 4.39 Å². The third-order valence-electron chi connectivity index (χ3n) is 3.60. The fraction of sp³-hybridized carbons (Fsp3) is 0.118. The summed E-state index contributed by atoms with van der Waals surface area (Å²) < 4.78 is 29.2. The van der Waals surface area contributed by atoms with Crippen molar-refractivity contribution in [3.8, 4) is 23.0 Å². The van der Waals surface area contributed by atoms with Crippen LogP contribution in [0.5, 0.6) is 0 Å². The molecule has 3 aromatic heterocycles. The fourth-order valence-electron chi connectivity index (χ4n) is 2.27. The molecule has 0 spiro atoms. The minimum Gasteiger partial charge on any atom is -0.459 e. The molecule has 0 bridgehead atoms. The second-order valence-electron chi connectivity index (χ2n) is 5.23. The molecule has 4 rings (SSSR count). The molecule has 0 radical (unpaired) electrons. The van der Waals surface area contributed by atoms with E-state index >= 15 is 0 Å². The number of benzene rings is 1. The lowest BCUT2D eigenvalue weighted by molar-refractivity contribution is 0.425. The van der Waals surface area contributed by atoms with Crippen LogP contribution in [0, 0.1) is 12.7 Å². The number of hydrogen-bond acceptors (Lipinski definition) is 7. The lowest BCUT2D eigenvalue weighted by atomic mass is 10.1. The molecule has 0 aliphatic carbocycles. The molecule has 0 saturated heterocycles. The molecular weight excluding hydrogens is 345 g/mol. The molecule has 3 heterocycles. The number of nitrogens with zero attached hydrogens (tertiary/aromatic N) is 3. The van der Waals surface area contributed by atoms with Crippen molar-refractivity contribution in [1.82, 2.24) is 15.4 Å². The Morgan fingerprint density at radius 2 is 1.96 bits per heavy atom. The average Bonchev–Trinajstić information content (AvgIpc) is 3.35. The number of furan rings is 1. The van der Waals surface area contributed by atoms with E-state index in [1.54, 1.807) is 30.5 Å². The Hall–Kier alpha value is -2.87. The molecule has 8 heteroatoms. The van der Waals surface area contributed by atoms with Gasteiger partial charge in [0.2, 0.25) is 0 Å². The van der Waals surface area contributed by atoms with E-state index in [4.69, 9.17) is 13.4 Å². The predicted molar refractivity (Wildman–Crippen MR) is 88.2 cm³/mol. The van der Waals surface area contributed by atoms with Crippen LogP contribution in [0.2, 0.25) is 0 Å². The first-order chi connectivity index (χ1) is 12.2. The van der Waals surface area contributed by atoms with Crippen LogP contribution in [-0.2, 0) is 5.75 Å². The molecule has 0 atom stereocenters. The number of halogens is 1. The highest BCUT2D eigenvalue weighted by Crippen LogP contribution is 2.30. The monoisotopic (exact) mass is 357 g/mol. The Morgan fingerprint density at radius 3 is 2.72 bits per heavy atom. The fourth-order valence-corrected chi connectivity index (χ4v) is 3.04. The number of hydrogen-bond donors (Lipinski definition) is 0. The quantitative estimate of drug-likeness (QED) is 0.478. The van der Waals surface area contributed by atoms with Crippen LogP contribution in [0.3, 0.4) is 0 Å². The van der Waals surface area contributed by atoms with E-state index in [2.05, 4.69) is 15.4 Å². The van der Waals surface area contributed by atoms with E-state index < -0.39 is 0 Å². The molecule has 0 amide bonds. The summed E-state index contributed by atoms with van der Waals surface area (Å²) in [6, 6.07) is 9.60. The predicted octanol–water partition coefficient (Wildman–Crippen LogP) is 4.72. The molecule has 1 aromatic carbocycles. The van der Waals surface area contributed by atoms with Gasteiger partial charge in [-0.2, -0.15) is 0 Å². The van der Waals surface area contributed by atoms with E-state index in [0.717, 1.165) is 16.8 Å². The van der Waals surface area contributed by atoms with Gasteiger partial charge in [-0.3, -0.25) is 0 Å². The third-order valence-corrected chi connectivity index (χ3v) is 4.43. The van der Waals surface area contributed by atoms with Crippen LogP contribution in [-0.4, -0.2) is 15.4 Å². The second-order valence-corrected chi connectivity index (χ2v) is 6.16. The Bertz CT molecular complexity index is 977. The van der Waals surface area contributed by atoms with Crippen molar-refractivity contribution in [3.63, 3.8) is 0 Å². The standard InChI is InChI=1S/C17H12FN3O3S/c1-10-13(21-24-15(10)11-4-6-12(18)7-5-11)9-25-17-20-19-16(23-17)14-3-2-8-22-14/h2-8H,9H2,1H3. The Balaban J connectivity index is 1.48. The van der Waals surface area contributed by atoms with Crippen LogP contribution in [0.15, 0.2) is 61.2 Å². The number of rotatable bonds is 5. The maximum Gasteiger partial charge on any atom is 0.284 e. The van der Waals surface area contributed by atoms with Gasteiger partial charge >= 0.3 is 0 Å². The lowest BCUT2D eigenvalue weighted by Crippen LogP contribution is -1.85. The highest BCUT2D eigenvalue weighted by atomic mass is 32.2. The van der Waals surface area contributed by atoms with Crippen LogP contribution in [0.25, 0.3) is 23.0 Å². The van der Waals surface area contributed by atoms with Crippen molar-refractivity contribution in [2.75, 3.05) is 0 Å². The molecule has 0 N–H and O–H groups in total. The molecule has 4 aromatic rings. The molecule has 0 aliphatic rings. The van der Waals surface area contributed by atoms with Gasteiger partial charge in [0, 0.05) is 16.9 Å². The highest BCUT2D eigenvalue weighted by Gasteiger charge is 2.16. The normalized spacial score (nSPS) is 11.1. The number of aromatic nitrogens is 3. The highest BCUT2D eigenvalue weighted by molar-refractivity contribution is 7.98. The zero-order valence-corrected chi connectivity index (χ0v) is 13.9. The third kappa shape index (κ3) is 3.20. The summed E-state index contributed by atoms with van der Waals surface area (Å²) in [5.74, 6) is 1.70. The molecular formula is C17H12FN3O3S. The van der Waals surface area contributed by atoms with E-state index in [1.807, 2.05) is 6.92 Å². The summed E-state index contributed by atoms with van der Waals surface area (Å²) in [7, 11) is 0. The van der Waals surface area contributed by atoms with Gasteiger partial charge in [0.1, 0.15) is 5.82 Å². The van der Waals surface area contributed by atoms with E-state index in [1.165, 1.54) is 23.9 Å². The van der Waals surface area contributed by atoms with Crippen LogP contribution in [0.1, 0.15) is 11.3 Å². The first-order valence-corrected chi connectivity index (χ1v) is 8.40. The zero-order valence-electron chi connectivity index (χ0n) is 13.1. The molecule has 0 saturated carbocycles. The van der Waals surface area contributed by atoms with Gasteiger partial charge in [-0.15, -0.1) is 10.2 Å². The van der Waals surface area contributed by atoms with Gasteiger partial charge in [0.05, 0.1) is 12.0 Å². The van der Waals surface area contributed by atoms with Gasteiger partial charge in [0.15, 0.2) is 11.5 Å². The van der Waals surface area contributed by atoms with Crippen molar-refractivity contribution >= 4 is 11.8 Å². The van der Waals surface area contributed by atoms with Gasteiger partial charge in [-0.05, 0) is 43.3 Å². The maximum atomic E-state index is 13.0. The van der Waals surface area contributed by atoms with Crippen molar-refractivity contribution in [2.24, 2.45) is 0 Å². The second kappa shape index (κ2) is 6.56. The largest absolute Gasteiger partial charge is 0.459 e. The summed E-state index contributed by atoms with van der Waals surface area (Å²) in [6.45, 7) is 1.91. The van der Waals surface area contributed by atoms with Crippen LogP contribution >= 0.6 is 11.8 Å². The minimum absolute atomic E-state index is 0.291. The topological polar surface area (TPSA) is 78.1 Å². The first kappa shape index (κ1) is 15.6. The lowest BCUT2D eigenvalue weighted by Gasteiger charge is -1.98. The first-order valence-electron chi connectivity index (χ1n) is 7.42. The Morgan fingerprint density at radius 1 is 1.12 bits per heavy atom. The summed E-state index contributed by atoms with van der Waals surface area (Å²) in [5.41, 5.74) is 2.44. The summed E-state index contributed by atoms with van der Waals surface area (Å²) in [6.07, 6.45) is 1.54. The Kier molecular flexibility index (Phi) is 4.10. The average molecular weight is 357 g/mol. The molecule has 25 heavy (non-hydrogen) atoms. The van der Waals surface area contributed by atoms with Crippen LogP contribution in [0.4, 0.5) is 4.39 Å². The van der Waals surface area contributed by atoms with Crippen molar-refractivity contribution in [1.29, 1.82) is 0 Å². The summed E-state index contributed by atoms with van der Waals surface area (Å²) in [5, 5.41) is 12.4. The molecule has 6 nitrogen and oxygen atoms in total. The molecule has 0 fully saturated rings. The van der Waals surface area contributed by atoms with Crippen LogP contribution < -0.4 is 0 Å². The Labute approximate surface area is 146 Å². The van der Waals surface area contributed by atoms with E-state index in [9.17, 15) is 4.39 Å². The maximum absolute atomic E-state index is 13.0. The van der Waals surface area contributed by atoms with Gasteiger partial charge in [0.25, 0.3) is 11.1 Å². The van der Waals surface area contributed by atoms with Gasteiger partial charge < -0.3 is 13.4 Å². The van der Waals surface area contributed by atoms with Crippen molar-refractivity contribution in [3.05, 3.63) is 59.7 Å². The smallest absolute Gasteiger partial charge is 0.284 e. The molecule has 126 valence electrons. The summed E-state index contributed by atoms with van der Waals surface area (Å²) in [4.78, 5) is 0. The van der Waals surface area contributed by atoms with Crippen molar-refractivity contribution < 1.29 is 17.7 Å². The molecule has 0 aliphatic heterocycles.